The molecule has 1 unspecified atom stereocenters. The first-order chi connectivity index (χ1) is 15.2. The van der Waals surface area contributed by atoms with Gasteiger partial charge >= 0.3 is 0 Å². The predicted octanol–water partition coefficient (Wildman–Crippen LogP) is 4.06. The molecule has 0 radical (unpaired) electrons. The van der Waals surface area contributed by atoms with Crippen LogP contribution in [0.1, 0.15) is 34.6 Å². The standard InChI is InChI=1S/C25H18N4O2/c1-2-15-11-13-16(14-12-15)21-23(30)26-22-19-9-5-6-10-20(19)28-24(29(22)27-21)17-7-3-4-8-18(17)25(28)31/h3-14,24H,2H2,1H3. The van der Waals surface area contributed by atoms with E-state index in [-0.39, 0.29) is 17.2 Å². The Kier molecular flexibility index (Phi) is 3.71. The lowest BCUT2D eigenvalue weighted by Crippen LogP contribution is -2.39. The molecule has 1 aromatic heterocycles. The molecule has 0 aliphatic carbocycles. The number of carbonyl (C=O) groups excluding carboxylic acids is 1. The normalized spacial score (nSPS) is 15.8. The highest BCUT2D eigenvalue weighted by Gasteiger charge is 2.44. The van der Waals surface area contributed by atoms with E-state index >= 15 is 0 Å². The Bertz CT molecular complexity index is 1420. The van der Waals surface area contributed by atoms with Gasteiger partial charge in [0.05, 0.1) is 5.69 Å². The van der Waals surface area contributed by atoms with Gasteiger partial charge < -0.3 is 0 Å². The van der Waals surface area contributed by atoms with Gasteiger partial charge in [0.25, 0.3) is 11.5 Å². The molecular formula is C25H18N4O2. The van der Waals surface area contributed by atoms with Crippen LogP contribution in [0.2, 0.25) is 0 Å². The smallest absolute Gasteiger partial charge is 0.280 e. The van der Waals surface area contributed by atoms with Crippen molar-refractivity contribution in [2.45, 2.75) is 19.5 Å². The number of nitrogens with zero attached hydrogens (tertiary/aromatic N) is 4. The Balaban J connectivity index is 1.64. The van der Waals surface area contributed by atoms with E-state index in [2.05, 4.69) is 11.9 Å². The van der Waals surface area contributed by atoms with Crippen molar-refractivity contribution in [3.8, 4) is 22.6 Å². The number of hydrogen-bond donors (Lipinski definition) is 0. The monoisotopic (exact) mass is 406 g/mol. The zero-order valence-corrected chi connectivity index (χ0v) is 16.8. The lowest BCUT2D eigenvalue weighted by molar-refractivity contribution is 0.0986. The molecular weight excluding hydrogens is 388 g/mol. The van der Waals surface area contributed by atoms with Gasteiger partial charge in [-0.1, -0.05) is 61.5 Å². The minimum absolute atomic E-state index is 0.0759. The van der Waals surface area contributed by atoms with Crippen LogP contribution in [0.5, 0.6) is 0 Å². The van der Waals surface area contributed by atoms with Crippen molar-refractivity contribution in [2.75, 3.05) is 4.90 Å². The second-order valence-electron chi connectivity index (χ2n) is 7.74. The van der Waals surface area contributed by atoms with E-state index < -0.39 is 6.17 Å². The summed E-state index contributed by atoms with van der Waals surface area (Å²) < 4.78 is 1.72. The molecule has 2 aliphatic heterocycles. The van der Waals surface area contributed by atoms with Gasteiger partial charge in [0, 0.05) is 22.3 Å². The molecule has 1 amide bonds. The summed E-state index contributed by atoms with van der Waals surface area (Å²) in [7, 11) is 0. The molecule has 1 atom stereocenters. The van der Waals surface area contributed by atoms with Gasteiger partial charge in [0.2, 0.25) is 0 Å². The van der Waals surface area contributed by atoms with Gasteiger partial charge in [0.15, 0.2) is 17.7 Å². The van der Waals surface area contributed by atoms with E-state index in [1.165, 1.54) is 5.56 Å². The number of amides is 1. The van der Waals surface area contributed by atoms with Crippen molar-refractivity contribution in [2.24, 2.45) is 0 Å². The fraction of sp³-hybridized carbons (Fsp3) is 0.120. The summed E-state index contributed by atoms with van der Waals surface area (Å²) >= 11 is 0. The Morgan fingerprint density at radius 3 is 2.35 bits per heavy atom. The summed E-state index contributed by atoms with van der Waals surface area (Å²) in [5.41, 5.74) is 4.76. The number of aryl methyl sites for hydroxylation is 1. The molecule has 4 aromatic rings. The van der Waals surface area contributed by atoms with E-state index in [4.69, 9.17) is 5.10 Å². The van der Waals surface area contributed by atoms with E-state index in [1.807, 2.05) is 72.8 Å². The summed E-state index contributed by atoms with van der Waals surface area (Å²) in [5.74, 6) is 0.397. The summed E-state index contributed by atoms with van der Waals surface area (Å²) in [6, 6.07) is 22.9. The van der Waals surface area contributed by atoms with Crippen LogP contribution in [0, 0.1) is 0 Å². The van der Waals surface area contributed by atoms with Gasteiger partial charge in [-0.25, -0.2) is 4.68 Å². The summed E-state index contributed by atoms with van der Waals surface area (Å²) in [5, 5.41) is 4.76. The van der Waals surface area contributed by atoms with E-state index in [0.717, 1.165) is 23.2 Å². The SMILES string of the molecule is CCc1ccc(-c2nn3c(nc2=O)-c2ccccc2N2C(=O)c4ccccc4C23)cc1. The molecule has 6 rings (SSSR count). The minimum atomic E-state index is -0.477. The summed E-state index contributed by atoms with van der Waals surface area (Å²) in [6.45, 7) is 2.09. The van der Waals surface area contributed by atoms with Gasteiger partial charge in [-0.3, -0.25) is 14.5 Å². The Hall–Kier alpha value is -4.06. The fourth-order valence-electron chi connectivity index (χ4n) is 4.48. The van der Waals surface area contributed by atoms with Crippen molar-refractivity contribution >= 4 is 11.6 Å². The lowest BCUT2D eigenvalue weighted by atomic mass is 10.1. The number of fused-ring (bicyclic) bond motifs is 8. The fourth-order valence-corrected chi connectivity index (χ4v) is 4.48. The molecule has 6 nitrogen and oxygen atoms in total. The number of anilines is 1. The van der Waals surface area contributed by atoms with Crippen LogP contribution < -0.4 is 10.5 Å². The highest BCUT2D eigenvalue weighted by Crippen LogP contribution is 2.46. The number of benzene rings is 3. The zero-order chi connectivity index (χ0) is 21.1. The molecule has 0 saturated carbocycles. The van der Waals surface area contributed by atoms with Crippen molar-refractivity contribution in [3.05, 3.63) is 99.8 Å². The molecule has 0 bridgehead atoms. The number of para-hydroxylation sites is 1. The Labute approximate surface area is 178 Å². The van der Waals surface area contributed by atoms with Crippen LogP contribution in [0.15, 0.2) is 77.6 Å². The van der Waals surface area contributed by atoms with Crippen molar-refractivity contribution in [1.82, 2.24) is 14.8 Å². The number of hydrogen-bond acceptors (Lipinski definition) is 4. The topological polar surface area (TPSA) is 68.1 Å². The average molecular weight is 406 g/mol. The third kappa shape index (κ3) is 2.45. The highest BCUT2D eigenvalue weighted by molar-refractivity contribution is 6.13. The third-order valence-electron chi connectivity index (χ3n) is 6.04. The second kappa shape index (κ2) is 6.47. The first-order valence-corrected chi connectivity index (χ1v) is 10.3. The Morgan fingerprint density at radius 1 is 0.871 bits per heavy atom. The number of rotatable bonds is 2. The summed E-state index contributed by atoms with van der Waals surface area (Å²) in [4.78, 5) is 32.5. The van der Waals surface area contributed by atoms with Crippen molar-refractivity contribution < 1.29 is 4.79 Å². The van der Waals surface area contributed by atoms with Gasteiger partial charge in [-0.15, -0.1) is 0 Å². The number of aromatic nitrogens is 3. The molecule has 0 spiro atoms. The average Bonchev–Trinajstić information content (AvgIpc) is 3.12. The maximum Gasteiger partial charge on any atom is 0.300 e. The first kappa shape index (κ1) is 17.8. The molecule has 0 saturated heterocycles. The van der Waals surface area contributed by atoms with Gasteiger partial charge in [-0.2, -0.15) is 10.1 Å². The first-order valence-electron chi connectivity index (χ1n) is 10.3. The van der Waals surface area contributed by atoms with Crippen LogP contribution >= 0.6 is 0 Å². The highest BCUT2D eigenvalue weighted by atomic mass is 16.2. The minimum Gasteiger partial charge on any atom is -0.280 e. The molecule has 3 aromatic carbocycles. The van der Waals surface area contributed by atoms with Crippen LogP contribution in [0.3, 0.4) is 0 Å². The molecule has 150 valence electrons. The van der Waals surface area contributed by atoms with Crippen LogP contribution in [0.25, 0.3) is 22.6 Å². The van der Waals surface area contributed by atoms with Crippen LogP contribution in [0.4, 0.5) is 5.69 Å². The van der Waals surface area contributed by atoms with Crippen molar-refractivity contribution in [1.29, 1.82) is 0 Å². The molecule has 0 fully saturated rings. The molecule has 6 heteroatoms. The Morgan fingerprint density at radius 2 is 1.58 bits per heavy atom. The van der Waals surface area contributed by atoms with Crippen molar-refractivity contribution in [3.63, 3.8) is 0 Å². The van der Waals surface area contributed by atoms with E-state index in [9.17, 15) is 9.59 Å². The maximum absolute atomic E-state index is 13.3. The summed E-state index contributed by atoms with van der Waals surface area (Å²) in [6.07, 6.45) is 0.442. The molecule has 0 N–H and O–H groups in total. The number of carbonyl (C=O) groups is 1. The molecule has 31 heavy (non-hydrogen) atoms. The lowest BCUT2D eigenvalue weighted by Gasteiger charge is -2.34. The molecule has 2 aliphatic rings. The van der Waals surface area contributed by atoms with Gasteiger partial charge in [0.1, 0.15) is 0 Å². The largest absolute Gasteiger partial charge is 0.300 e. The second-order valence-corrected chi connectivity index (χ2v) is 7.74. The quantitative estimate of drug-likeness (QED) is 0.504. The third-order valence-corrected chi connectivity index (χ3v) is 6.04. The molecule has 3 heterocycles. The maximum atomic E-state index is 13.3. The van der Waals surface area contributed by atoms with Crippen LogP contribution in [-0.2, 0) is 6.42 Å². The van der Waals surface area contributed by atoms with E-state index in [0.29, 0.717) is 17.0 Å². The zero-order valence-electron chi connectivity index (χ0n) is 16.8. The predicted molar refractivity (Wildman–Crippen MR) is 118 cm³/mol. The van der Waals surface area contributed by atoms with Crippen LogP contribution in [-0.4, -0.2) is 20.7 Å². The van der Waals surface area contributed by atoms with Gasteiger partial charge in [-0.05, 0) is 30.2 Å². The van der Waals surface area contributed by atoms with E-state index in [1.54, 1.807) is 9.58 Å².